The maximum Gasteiger partial charge on any atom is 0.312 e. The molecule has 0 spiro atoms. The van der Waals surface area contributed by atoms with Gasteiger partial charge in [0.25, 0.3) is 5.91 Å². The molecule has 0 aromatic carbocycles. The smallest absolute Gasteiger partial charge is 0.312 e. The van der Waals surface area contributed by atoms with Gasteiger partial charge in [0.05, 0.1) is 10.9 Å². The number of ether oxygens (including phenoxy) is 1. The molecular weight excluding hydrogens is 394 g/mol. The number of carbonyl (C=O) groups is 3. The molecule has 2 aliphatic rings. The number of likely N-dealkylation sites (tertiary alicyclic amines) is 1. The number of nitrogens with one attached hydrogen (secondary N) is 1. The van der Waals surface area contributed by atoms with Crippen molar-refractivity contribution in [1.82, 2.24) is 9.88 Å². The first-order valence-electron chi connectivity index (χ1n) is 10.2. The van der Waals surface area contributed by atoms with Crippen LogP contribution < -0.4 is 5.32 Å². The number of halogens is 1. The van der Waals surface area contributed by atoms with Crippen LogP contribution in [-0.4, -0.2) is 46.4 Å². The van der Waals surface area contributed by atoms with Crippen LogP contribution in [0.15, 0.2) is 18.3 Å². The number of hydrogen-bond donors (Lipinski definition) is 1. The Balaban J connectivity index is 1.54. The van der Waals surface area contributed by atoms with Crippen molar-refractivity contribution in [3.05, 3.63) is 23.4 Å². The predicted molar refractivity (Wildman–Crippen MR) is 109 cm³/mol. The molecule has 0 unspecified atom stereocenters. The van der Waals surface area contributed by atoms with E-state index in [4.69, 9.17) is 16.3 Å². The van der Waals surface area contributed by atoms with E-state index in [1.54, 1.807) is 12.1 Å². The van der Waals surface area contributed by atoms with Crippen LogP contribution in [0.5, 0.6) is 0 Å². The van der Waals surface area contributed by atoms with Crippen LogP contribution in [0.3, 0.4) is 0 Å². The number of rotatable bonds is 5. The van der Waals surface area contributed by atoms with E-state index in [1.165, 1.54) is 19.5 Å². The van der Waals surface area contributed by atoms with Gasteiger partial charge < -0.3 is 15.0 Å². The van der Waals surface area contributed by atoms with Crippen LogP contribution in [-0.2, 0) is 19.1 Å². The van der Waals surface area contributed by atoms with E-state index in [1.807, 2.05) is 4.90 Å². The van der Waals surface area contributed by atoms with Gasteiger partial charge in [0.2, 0.25) is 5.91 Å². The summed E-state index contributed by atoms with van der Waals surface area (Å²) in [5.41, 5.74) is 0. The van der Waals surface area contributed by atoms with Crippen molar-refractivity contribution < 1.29 is 19.1 Å². The van der Waals surface area contributed by atoms with Crippen molar-refractivity contribution in [3.63, 3.8) is 0 Å². The lowest BCUT2D eigenvalue weighted by Crippen LogP contribution is -2.45. The third-order valence-corrected chi connectivity index (χ3v) is 6.42. The maximum atomic E-state index is 12.6. The monoisotopic (exact) mass is 421 g/mol. The zero-order valence-corrected chi connectivity index (χ0v) is 17.8. The van der Waals surface area contributed by atoms with Gasteiger partial charge in [0.15, 0.2) is 6.10 Å². The van der Waals surface area contributed by atoms with E-state index in [2.05, 4.69) is 24.1 Å². The fraction of sp³-hybridized carbons (Fsp3) is 0.619. The highest BCUT2D eigenvalue weighted by atomic mass is 35.5. The zero-order valence-electron chi connectivity index (χ0n) is 17.1. The van der Waals surface area contributed by atoms with E-state index >= 15 is 0 Å². The first-order chi connectivity index (χ1) is 13.8. The molecule has 1 aromatic rings. The average Bonchev–Trinajstić information content (AvgIpc) is 3.07. The molecule has 1 saturated carbocycles. The molecule has 1 aliphatic heterocycles. The summed E-state index contributed by atoms with van der Waals surface area (Å²) in [5, 5.41) is 3.04. The number of hydrogen-bond acceptors (Lipinski definition) is 5. The third kappa shape index (κ3) is 5.07. The van der Waals surface area contributed by atoms with Crippen molar-refractivity contribution in [1.29, 1.82) is 0 Å². The molecule has 2 amide bonds. The van der Waals surface area contributed by atoms with Gasteiger partial charge in [-0.05, 0) is 37.3 Å². The predicted octanol–water partition coefficient (Wildman–Crippen LogP) is 3.28. The maximum absolute atomic E-state index is 12.6. The van der Waals surface area contributed by atoms with Crippen LogP contribution in [0.25, 0.3) is 0 Å². The first kappa shape index (κ1) is 21.6. The fourth-order valence-electron chi connectivity index (χ4n) is 4.21. The second-order valence-corrected chi connectivity index (χ2v) is 8.65. The molecule has 5 atom stereocenters. The van der Waals surface area contributed by atoms with Crippen LogP contribution in [0.2, 0.25) is 5.02 Å². The topological polar surface area (TPSA) is 88.6 Å². The van der Waals surface area contributed by atoms with Gasteiger partial charge in [-0.15, -0.1) is 0 Å². The van der Waals surface area contributed by atoms with Crippen molar-refractivity contribution in [2.45, 2.75) is 58.6 Å². The van der Waals surface area contributed by atoms with Gasteiger partial charge in [0, 0.05) is 25.2 Å². The van der Waals surface area contributed by atoms with E-state index in [9.17, 15) is 14.4 Å². The molecule has 7 nitrogen and oxygen atoms in total. The summed E-state index contributed by atoms with van der Waals surface area (Å²) in [4.78, 5) is 43.2. The van der Waals surface area contributed by atoms with Crippen LogP contribution >= 0.6 is 11.6 Å². The van der Waals surface area contributed by atoms with Crippen LogP contribution in [0.4, 0.5) is 5.82 Å². The lowest BCUT2D eigenvalue weighted by atomic mass is 9.77. The Morgan fingerprint density at radius 1 is 1.31 bits per heavy atom. The molecule has 1 saturated heterocycles. The number of nitrogens with zero attached hydrogens (tertiary/aromatic N) is 2. The quantitative estimate of drug-likeness (QED) is 0.737. The molecule has 158 valence electrons. The minimum Gasteiger partial charge on any atom is -0.452 e. The van der Waals surface area contributed by atoms with E-state index in [-0.39, 0.29) is 18.4 Å². The number of amides is 2. The molecule has 3 rings (SSSR count). The van der Waals surface area contributed by atoms with E-state index in [0.717, 1.165) is 12.8 Å². The van der Waals surface area contributed by atoms with Crippen LogP contribution in [0.1, 0.15) is 46.5 Å². The molecule has 2 heterocycles. The number of anilines is 1. The normalized spacial score (nSPS) is 28.1. The van der Waals surface area contributed by atoms with Gasteiger partial charge in [-0.2, -0.15) is 0 Å². The summed E-state index contributed by atoms with van der Waals surface area (Å²) < 4.78 is 5.34. The average molecular weight is 422 g/mol. The van der Waals surface area contributed by atoms with Gasteiger partial charge in [-0.3, -0.25) is 14.4 Å². The Labute approximate surface area is 176 Å². The summed E-state index contributed by atoms with van der Waals surface area (Å²) in [6, 6.07) is 3.35. The molecule has 2 fully saturated rings. The van der Waals surface area contributed by atoms with Crippen molar-refractivity contribution >= 4 is 35.2 Å². The highest BCUT2D eigenvalue weighted by Crippen LogP contribution is 2.36. The lowest BCUT2D eigenvalue weighted by molar-refractivity contribution is -0.157. The van der Waals surface area contributed by atoms with E-state index < -0.39 is 23.9 Å². The highest BCUT2D eigenvalue weighted by molar-refractivity contribution is 6.30. The molecule has 1 N–H and O–H groups in total. The third-order valence-electron chi connectivity index (χ3n) is 6.20. The van der Waals surface area contributed by atoms with Crippen LogP contribution in [0, 0.1) is 17.8 Å². The van der Waals surface area contributed by atoms with Crippen molar-refractivity contribution in [2.24, 2.45) is 17.8 Å². The number of aromatic nitrogens is 1. The standard InChI is InChI=1S/C21H28ClN3O4/c1-12-5-4-6-17(13(12)2)25-11-15(9-19(25)26)21(28)29-14(3)20(27)24-18-8-7-16(22)10-23-18/h7-8,10,12-15,17H,4-6,9,11H2,1-3H3,(H,23,24,27)/t12-,13-,14+,15-,17-/m1/s1. The molecule has 29 heavy (non-hydrogen) atoms. The number of carbonyl (C=O) groups excluding carboxylic acids is 3. The highest BCUT2D eigenvalue weighted by Gasteiger charge is 2.42. The molecule has 0 radical (unpaired) electrons. The summed E-state index contributed by atoms with van der Waals surface area (Å²) in [6.45, 7) is 6.28. The Kier molecular flexibility index (Phi) is 6.77. The van der Waals surface area contributed by atoms with E-state index in [0.29, 0.717) is 29.2 Å². The Bertz CT molecular complexity index is 770. The van der Waals surface area contributed by atoms with Gasteiger partial charge in [0.1, 0.15) is 5.82 Å². The summed E-state index contributed by atoms with van der Waals surface area (Å²) >= 11 is 5.77. The number of esters is 1. The lowest BCUT2D eigenvalue weighted by Gasteiger charge is -2.39. The second kappa shape index (κ2) is 9.11. The molecule has 0 bridgehead atoms. The van der Waals surface area contributed by atoms with Gasteiger partial charge in [-0.25, -0.2) is 4.98 Å². The summed E-state index contributed by atoms with van der Waals surface area (Å²) in [6.07, 6.45) is 3.83. The van der Waals surface area contributed by atoms with Gasteiger partial charge >= 0.3 is 5.97 Å². The largest absolute Gasteiger partial charge is 0.452 e. The zero-order chi connectivity index (χ0) is 21.1. The second-order valence-electron chi connectivity index (χ2n) is 8.21. The minimum absolute atomic E-state index is 0.000342. The fourth-order valence-corrected chi connectivity index (χ4v) is 4.32. The molecule has 8 heteroatoms. The Hall–Kier alpha value is -2.15. The van der Waals surface area contributed by atoms with Gasteiger partial charge in [-0.1, -0.05) is 38.3 Å². The Morgan fingerprint density at radius 3 is 2.76 bits per heavy atom. The summed E-state index contributed by atoms with van der Waals surface area (Å²) in [7, 11) is 0. The first-order valence-corrected chi connectivity index (χ1v) is 10.6. The SMILES string of the molecule is C[C@@H]1[C@H](C)CCC[C@H]1N1C[C@H](C(=O)O[C@@H](C)C(=O)Nc2ccc(Cl)cn2)CC1=O. The van der Waals surface area contributed by atoms with Crippen molar-refractivity contribution in [2.75, 3.05) is 11.9 Å². The minimum atomic E-state index is -0.988. The molecular formula is C21H28ClN3O4. The van der Waals surface area contributed by atoms with Crippen molar-refractivity contribution in [3.8, 4) is 0 Å². The molecule has 1 aliphatic carbocycles. The molecule has 1 aromatic heterocycles. The number of pyridine rings is 1. The Morgan fingerprint density at radius 2 is 2.07 bits per heavy atom. The summed E-state index contributed by atoms with van der Waals surface area (Å²) in [5.74, 6) is -0.217.